The number of carbonyl (C=O) groups is 2. The number of piperidine rings is 1. The highest BCUT2D eigenvalue weighted by Crippen LogP contribution is 2.42. The van der Waals surface area contributed by atoms with E-state index >= 15 is 0 Å². The number of likely N-dealkylation sites (tertiary alicyclic amines) is 2. The van der Waals surface area contributed by atoms with Crippen molar-refractivity contribution >= 4 is 45.9 Å². The second-order valence-electron chi connectivity index (χ2n) is 7.15. The molecule has 2 aliphatic heterocycles. The van der Waals surface area contributed by atoms with E-state index < -0.39 is 5.82 Å². The van der Waals surface area contributed by atoms with Crippen molar-refractivity contribution in [3.05, 3.63) is 33.7 Å². The standard InChI is InChI=1S/C18H18Cl2FN3O2/c1-23-7-4-18(17(23)26)5-8-24(9-6-18)16(25)15-14(20)12-11(22-15)3-2-10(21)13(12)19/h2-3,22H,4-9H2,1H3. The minimum atomic E-state index is -0.581. The van der Waals surface area contributed by atoms with Gasteiger partial charge in [0.05, 0.1) is 15.5 Å². The third-order valence-electron chi connectivity index (χ3n) is 5.74. The molecule has 26 heavy (non-hydrogen) atoms. The number of aromatic amines is 1. The van der Waals surface area contributed by atoms with E-state index in [9.17, 15) is 14.0 Å². The van der Waals surface area contributed by atoms with E-state index in [4.69, 9.17) is 23.2 Å². The number of halogens is 3. The van der Waals surface area contributed by atoms with Gasteiger partial charge in [-0.1, -0.05) is 23.2 Å². The molecule has 1 N–H and O–H groups in total. The molecule has 0 saturated carbocycles. The summed E-state index contributed by atoms with van der Waals surface area (Å²) >= 11 is 12.3. The molecule has 5 nitrogen and oxygen atoms in total. The number of fused-ring (bicyclic) bond motifs is 1. The maximum Gasteiger partial charge on any atom is 0.271 e. The Morgan fingerprint density at radius 2 is 1.81 bits per heavy atom. The zero-order chi connectivity index (χ0) is 18.6. The van der Waals surface area contributed by atoms with Crippen LogP contribution in [0.25, 0.3) is 10.9 Å². The molecule has 0 atom stereocenters. The fourth-order valence-corrected chi connectivity index (χ4v) is 4.72. The van der Waals surface area contributed by atoms with E-state index in [0.29, 0.717) is 36.8 Å². The lowest BCUT2D eigenvalue weighted by atomic mass is 9.77. The molecule has 1 aromatic carbocycles. The zero-order valence-corrected chi connectivity index (χ0v) is 15.8. The van der Waals surface area contributed by atoms with Gasteiger partial charge in [0.25, 0.3) is 5.91 Å². The SMILES string of the molecule is CN1CCC2(CCN(C(=O)c3[nH]c4ccc(F)c(Cl)c4c3Cl)CC2)C1=O. The molecular weight excluding hydrogens is 380 g/mol. The van der Waals surface area contributed by atoms with E-state index in [2.05, 4.69) is 4.98 Å². The maximum atomic E-state index is 13.7. The Labute approximate surface area is 160 Å². The summed E-state index contributed by atoms with van der Waals surface area (Å²) in [6, 6.07) is 2.75. The number of nitrogens with one attached hydrogen (secondary N) is 1. The fourth-order valence-electron chi connectivity index (χ4n) is 4.09. The summed E-state index contributed by atoms with van der Waals surface area (Å²) in [5, 5.41) is 0.351. The number of hydrogen-bond donors (Lipinski definition) is 1. The van der Waals surface area contributed by atoms with Gasteiger partial charge in [-0.05, 0) is 31.4 Å². The van der Waals surface area contributed by atoms with Crippen LogP contribution in [-0.4, -0.2) is 53.3 Å². The van der Waals surface area contributed by atoms with Gasteiger partial charge in [0.15, 0.2) is 0 Å². The average Bonchev–Trinajstić information content (AvgIpc) is 3.11. The fraction of sp³-hybridized carbons (Fsp3) is 0.444. The monoisotopic (exact) mass is 397 g/mol. The number of H-pyrrole nitrogens is 1. The van der Waals surface area contributed by atoms with Crippen molar-refractivity contribution in [2.24, 2.45) is 5.41 Å². The maximum absolute atomic E-state index is 13.7. The summed E-state index contributed by atoms with van der Waals surface area (Å²) < 4.78 is 13.7. The first-order chi connectivity index (χ1) is 12.3. The van der Waals surface area contributed by atoms with Crippen molar-refractivity contribution in [3.63, 3.8) is 0 Å². The number of rotatable bonds is 1. The van der Waals surface area contributed by atoms with Crippen LogP contribution in [0.2, 0.25) is 10.0 Å². The van der Waals surface area contributed by atoms with Crippen LogP contribution in [0, 0.1) is 11.2 Å². The molecule has 3 heterocycles. The molecule has 0 aliphatic carbocycles. The number of benzene rings is 1. The van der Waals surface area contributed by atoms with Crippen molar-refractivity contribution in [1.82, 2.24) is 14.8 Å². The zero-order valence-electron chi connectivity index (χ0n) is 14.2. The molecule has 1 spiro atoms. The van der Waals surface area contributed by atoms with Gasteiger partial charge in [0.2, 0.25) is 5.91 Å². The van der Waals surface area contributed by atoms with Crippen molar-refractivity contribution < 1.29 is 14.0 Å². The third-order valence-corrected chi connectivity index (χ3v) is 6.49. The lowest BCUT2D eigenvalue weighted by Gasteiger charge is -2.37. The first-order valence-corrected chi connectivity index (χ1v) is 9.30. The van der Waals surface area contributed by atoms with Gasteiger partial charge in [0.1, 0.15) is 11.5 Å². The summed E-state index contributed by atoms with van der Waals surface area (Å²) in [6.45, 7) is 1.75. The highest BCUT2D eigenvalue weighted by atomic mass is 35.5. The van der Waals surface area contributed by atoms with Crippen LogP contribution in [0.3, 0.4) is 0 Å². The molecule has 1 aromatic heterocycles. The summed E-state index contributed by atoms with van der Waals surface area (Å²) in [5.74, 6) is -0.658. The van der Waals surface area contributed by atoms with E-state index in [1.807, 2.05) is 7.05 Å². The lowest BCUT2D eigenvalue weighted by Crippen LogP contribution is -2.46. The number of nitrogens with zero attached hydrogens (tertiary/aromatic N) is 2. The van der Waals surface area contributed by atoms with Crippen molar-refractivity contribution in [1.29, 1.82) is 0 Å². The van der Waals surface area contributed by atoms with Crippen LogP contribution in [-0.2, 0) is 4.79 Å². The highest BCUT2D eigenvalue weighted by molar-refractivity contribution is 6.44. The predicted molar refractivity (Wildman–Crippen MR) is 98.1 cm³/mol. The van der Waals surface area contributed by atoms with E-state index in [-0.39, 0.29) is 33.0 Å². The largest absolute Gasteiger partial charge is 0.349 e. The van der Waals surface area contributed by atoms with Crippen molar-refractivity contribution in [3.8, 4) is 0 Å². The Bertz CT molecular complexity index is 919. The normalized spacial score (nSPS) is 19.8. The van der Waals surface area contributed by atoms with Crippen LogP contribution in [0.4, 0.5) is 4.39 Å². The topological polar surface area (TPSA) is 56.4 Å². The minimum absolute atomic E-state index is 0.0972. The second kappa shape index (κ2) is 6.13. The molecule has 2 fully saturated rings. The highest BCUT2D eigenvalue weighted by Gasteiger charge is 2.47. The van der Waals surface area contributed by atoms with E-state index in [0.717, 1.165) is 13.0 Å². The molecule has 138 valence electrons. The summed E-state index contributed by atoms with van der Waals surface area (Å²) in [6.07, 6.45) is 2.14. The first kappa shape index (κ1) is 17.6. The summed E-state index contributed by atoms with van der Waals surface area (Å²) in [7, 11) is 1.82. The summed E-state index contributed by atoms with van der Waals surface area (Å²) in [4.78, 5) is 31.7. The Morgan fingerprint density at radius 3 is 2.42 bits per heavy atom. The van der Waals surface area contributed by atoms with Crippen LogP contribution in [0.15, 0.2) is 12.1 Å². The van der Waals surface area contributed by atoms with E-state index in [1.54, 1.807) is 9.80 Å². The summed E-state index contributed by atoms with van der Waals surface area (Å²) in [5.41, 5.74) is 0.396. The van der Waals surface area contributed by atoms with Gasteiger partial charge < -0.3 is 14.8 Å². The number of aromatic nitrogens is 1. The molecule has 2 amide bonds. The van der Waals surface area contributed by atoms with Gasteiger partial charge in [-0.2, -0.15) is 0 Å². The Balaban J connectivity index is 1.58. The molecule has 0 unspecified atom stereocenters. The molecule has 2 saturated heterocycles. The van der Waals surface area contributed by atoms with Gasteiger partial charge in [-0.3, -0.25) is 9.59 Å². The predicted octanol–water partition coefficient (Wildman–Crippen LogP) is 3.70. The Hall–Kier alpha value is -1.79. The molecule has 4 rings (SSSR count). The van der Waals surface area contributed by atoms with Gasteiger partial charge in [-0.15, -0.1) is 0 Å². The molecule has 2 aliphatic rings. The van der Waals surface area contributed by atoms with Crippen molar-refractivity contribution in [2.75, 3.05) is 26.7 Å². The number of amides is 2. The molecule has 0 bridgehead atoms. The second-order valence-corrected chi connectivity index (χ2v) is 7.90. The molecule has 2 aromatic rings. The molecular formula is C18H18Cl2FN3O2. The lowest BCUT2D eigenvalue weighted by molar-refractivity contribution is -0.137. The van der Waals surface area contributed by atoms with Gasteiger partial charge in [0, 0.05) is 37.6 Å². The van der Waals surface area contributed by atoms with Crippen LogP contribution >= 0.6 is 23.2 Å². The third kappa shape index (κ3) is 2.50. The van der Waals surface area contributed by atoms with Crippen molar-refractivity contribution in [2.45, 2.75) is 19.3 Å². The smallest absolute Gasteiger partial charge is 0.271 e. The minimum Gasteiger partial charge on any atom is -0.349 e. The van der Waals surface area contributed by atoms with Crippen LogP contribution in [0.5, 0.6) is 0 Å². The Morgan fingerprint density at radius 1 is 1.15 bits per heavy atom. The van der Waals surface area contributed by atoms with Gasteiger partial charge in [-0.25, -0.2) is 4.39 Å². The number of carbonyl (C=O) groups excluding carboxylic acids is 2. The Kier molecular flexibility index (Phi) is 4.15. The number of hydrogen-bond acceptors (Lipinski definition) is 2. The van der Waals surface area contributed by atoms with E-state index in [1.165, 1.54) is 12.1 Å². The van der Waals surface area contributed by atoms with Crippen LogP contribution in [0.1, 0.15) is 29.8 Å². The van der Waals surface area contributed by atoms with Crippen LogP contribution < -0.4 is 0 Å². The first-order valence-electron chi connectivity index (χ1n) is 8.54. The quantitative estimate of drug-likeness (QED) is 0.797. The molecule has 8 heteroatoms. The van der Waals surface area contributed by atoms with Gasteiger partial charge >= 0.3 is 0 Å². The average molecular weight is 398 g/mol. The molecule has 0 radical (unpaired) electrons.